The average molecular weight is 1350 g/mol. The van der Waals surface area contributed by atoms with Crippen LogP contribution in [0.3, 0.4) is 0 Å². The van der Waals surface area contributed by atoms with Gasteiger partial charge in [-0.05, 0) is 82.1 Å². The van der Waals surface area contributed by atoms with Gasteiger partial charge in [0.15, 0.2) is 25.6 Å². The van der Waals surface area contributed by atoms with Gasteiger partial charge < -0.3 is 23.6 Å². The molecule has 28 atom stereocenters. The molecule has 26 unspecified atom stereocenters. The summed E-state index contributed by atoms with van der Waals surface area (Å²) in [6, 6.07) is 0. The summed E-state index contributed by atoms with van der Waals surface area (Å²) in [4.78, 5) is 29.0. The smallest absolute Gasteiger partial charge is 0.426 e. The van der Waals surface area contributed by atoms with E-state index in [1.54, 1.807) is 0 Å². The number of allylic oxidation sites excluding steroid dienone is 1. The van der Waals surface area contributed by atoms with E-state index < -0.39 is 145 Å². The van der Waals surface area contributed by atoms with Gasteiger partial charge in [0.1, 0.15) is 6.10 Å². The fourth-order valence-corrected chi connectivity index (χ4v) is 216. The number of ether oxygens (including phenoxy) is 2. The van der Waals surface area contributed by atoms with Gasteiger partial charge in [-0.1, -0.05) is 34.3 Å². The highest BCUT2D eigenvalue weighted by atomic mass is 33.2. The number of aliphatic hydroxyl groups is 1. The topological polar surface area (TPSA) is 108 Å². The summed E-state index contributed by atoms with van der Waals surface area (Å²) in [5.74, 6) is -1.22. The molecule has 334 valence electrons. The van der Waals surface area contributed by atoms with Crippen molar-refractivity contribution in [2.24, 2.45) is 16.7 Å². The molecule has 1 heterocycles. The van der Waals surface area contributed by atoms with E-state index in [9.17, 15) is 19.3 Å². The first-order valence-electron chi connectivity index (χ1n) is 16.6. The Morgan fingerprint density at radius 1 is 0.793 bits per heavy atom. The second-order valence-electron chi connectivity index (χ2n) is 14.3. The van der Waals surface area contributed by atoms with E-state index in [0.717, 1.165) is 5.57 Å². The molecule has 3 aliphatic carbocycles. The van der Waals surface area contributed by atoms with Crippen molar-refractivity contribution in [3.63, 3.8) is 0 Å². The van der Waals surface area contributed by atoms with Gasteiger partial charge in [0, 0.05) is 36.3 Å². The van der Waals surface area contributed by atoms with Crippen molar-refractivity contribution in [1.82, 2.24) is 0 Å². The summed E-state index contributed by atoms with van der Waals surface area (Å²) >= 11 is 0. The van der Waals surface area contributed by atoms with Crippen LogP contribution in [0.1, 0.15) is 47.0 Å². The van der Waals surface area contributed by atoms with Crippen molar-refractivity contribution in [3.05, 3.63) is 11.1 Å². The molecule has 0 aromatic heterocycles. The third-order valence-electron chi connectivity index (χ3n) is 10.7. The Kier molecular flexibility index (Phi) is 28.4. The molecule has 8 nitrogen and oxygen atoms in total. The van der Waals surface area contributed by atoms with E-state index in [4.69, 9.17) is 18.5 Å². The lowest BCUT2D eigenvalue weighted by Gasteiger charge is -2.61. The highest BCUT2D eigenvalue weighted by Crippen LogP contribution is 3.19. The fourth-order valence-electron chi connectivity index (χ4n) is 8.44. The predicted octanol–water partition coefficient (Wildman–Crippen LogP) is 19.4. The average Bonchev–Trinajstić information content (AvgIpc) is 3.41. The number of carbonyl (C=O) groups excluding carboxylic acids is 2. The monoisotopic (exact) mass is 1350 g/mol. The van der Waals surface area contributed by atoms with Gasteiger partial charge >= 0.3 is 6.16 Å². The number of aliphatic hydroxyl groups excluding tert-OH is 1. The van der Waals surface area contributed by atoms with E-state index in [0.29, 0.717) is 20.8 Å². The van der Waals surface area contributed by atoms with Gasteiger partial charge in [0.2, 0.25) is 0 Å². The van der Waals surface area contributed by atoms with Crippen molar-refractivity contribution >= 4 is 254 Å². The van der Waals surface area contributed by atoms with Gasteiger partial charge in [-0.3, -0.25) is 9.36 Å². The number of hydrogen-bond acceptors (Lipinski definition) is 8. The number of ketones is 1. The molecule has 4 rings (SSSR count). The number of carbonyl (C=O) groups is 2. The summed E-state index contributed by atoms with van der Waals surface area (Å²) in [6.07, 6.45) is -2.91. The van der Waals surface area contributed by atoms with Crippen LogP contribution >= 0.6 is 242 Å². The fraction of sp³-hybridized carbons (Fsp3) is 0.800. The third-order valence-corrected chi connectivity index (χ3v) is 153. The number of rotatable bonds is 17. The molecule has 1 aliphatic heterocycles. The third kappa shape index (κ3) is 13.6. The number of Topliss-reactive ketones (excluding diaryl/α,β-unsaturated/α-hetero) is 1. The van der Waals surface area contributed by atoms with Gasteiger partial charge in [0.25, 0.3) is 0 Å². The lowest BCUT2D eigenvalue weighted by atomic mass is 9.48. The van der Waals surface area contributed by atoms with E-state index in [1.807, 2.05) is 0 Å². The Hall–Kier alpha value is 11.1. The van der Waals surface area contributed by atoms with Crippen molar-refractivity contribution in [3.8, 4) is 0 Å². The summed E-state index contributed by atoms with van der Waals surface area (Å²) < 4.78 is 41.8. The normalized spacial score (nSPS) is 33.9. The Morgan fingerprint density at radius 3 is 1.79 bits per heavy atom. The van der Waals surface area contributed by atoms with Crippen LogP contribution in [-0.4, -0.2) is 52.7 Å². The zero-order chi connectivity index (χ0) is 44.1. The minimum atomic E-state index is -1.28. The van der Waals surface area contributed by atoms with Crippen molar-refractivity contribution < 1.29 is 37.8 Å². The van der Waals surface area contributed by atoms with E-state index in [-0.39, 0.29) is 26.0 Å². The summed E-state index contributed by atoms with van der Waals surface area (Å²) in [5, 5.41) is 11.8. The lowest BCUT2D eigenvalue weighted by molar-refractivity contribution is -0.181. The Morgan fingerprint density at radius 2 is 1.34 bits per heavy atom. The van der Waals surface area contributed by atoms with Crippen molar-refractivity contribution in [2.75, 3.05) is 0 Å². The predicted molar refractivity (Wildman–Crippen MR) is 342 cm³/mol. The first kappa shape index (κ1) is 61.7. The molecule has 4 aliphatic rings. The summed E-state index contributed by atoms with van der Waals surface area (Å²) in [7, 11) is 43.6. The van der Waals surface area contributed by atoms with Gasteiger partial charge in [-0.25, -0.2) is 4.79 Å². The van der Waals surface area contributed by atoms with Crippen LogP contribution in [0.4, 0.5) is 4.79 Å². The van der Waals surface area contributed by atoms with Crippen LogP contribution < -0.4 is 0 Å². The zero-order valence-corrected chi connectivity index (χ0v) is 62.7. The molecule has 0 aromatic rings. The second kappa shape index (κ2) is 26.8. The molecular formula is C20H56O8P30. The maximum absolute atomic E-state index is 15.0. The second-order valence-corrected chi connectivity index (χ2v) is 121. The largest absolute Gasteiger partial charge is 0.509 e. The van der Waals surface area contributed by atoms with Crippen LogP contribution in [-0.2, 0) is 27.9 Å². The number of fused-ring (bicyclic) bond motifs is 3. The SMILES string of the molecule is CC1=C2C(OP(P(P)P)P(PP)P(P)P)C[C@]3(C)C(OP(P(P)P)P(P)P)CC(O)C(=O)C3C3OC(=O)OC3(CC1[P@](P(P=O)P(P)P)P(P(P)P)P(P)P)C2(C)C. The van der Waals surface area contributed by atoms with Crippen molar-refractivity contribution in [1.29, 1.82) is 0 Å². The van der Waals surface area contributed by atoms with E-state index >= 15 is 0 Å². The summed E-state index contributed by atoms with van der Waals surface area (Å²) in [5.41, 5.74) is -0.638. The molecule has 1 N–H and O–H groups in total. The van der Waals surface area contributed by atoms with Crippen LogP contribution in [0.5, 0.6) is 0 Å². The minimum Gasteiger partial charge on any atom is -0.426 e. The minimum absolute atomic E-state index is 0.0584. The van der Waals surface area contributed by atoms with Gasteiger partial charge in [0.05, 0.1) is 40.2 Å². The summed E-state index contributed by atoms with van der Waals surface area (Å²) in [6.45, 7) is 2.41. The molecule has 1 spiro atoms. The van der Waals surface area contributed by atoms with Gasteiger partial charge in [-0.2, -0.15) is 0 Å². The number of hydrogen-bond donors (Lipinski definition) is 1. The van der Waals surface area contributed by atoms with E-state index in [1.165, 1.54) is 5.57 Å². The highest BCUT2D eigenvalue weighted by Gasteiger charge is 2.74. The molecule has 0 amide bonds. The quantitative estimate of drug-likeness (QED) is 0.0872. The lowest BCUT2D eigenvalue weighted by Crippen LogP contribution is -2.69. The standard InChI is InChI=1S/C20H56O8P30/c1-8-11(46(56(44-24)52(36)37)58(54(40)41)55(42)43)7-20-16(25-17(23)26-20)14-15(22)9(21)5-12(28-47(49(30)31)50(32)33)19(14,4)6-10(13(8)18(20,2)3)27-48(51(34)35)57(45-29)53(38)39/h9-12,14,16,21,45H,5-7,29-43H2,1-4H3/t9?,10?,11?,12?,14?,16?,19-,20?,46-,48?,56?,57?/m1/s1. The molecule has 58 heavy (non-hydrogen) atoms. The highest BCUT2D eigenvalue weighted by molar-refractivity contribution is 9.20. The van der Waals surface area contributed by atoms with E-state index in [2.05, 4.69) is 162 Å². The zero-order valence-electron chi connectivity index (χ0n) is 31.8. The Bertz CT molecular complexity index is 1510. The molecule has 0 radical (unpaired) electrons. The molecule has 3 fully saturated rings. The maximum atomic E-state index is 15.0. The molecule has 0 aromatic carbocycles. The molecule has 1 saturated heterocycles. The van der Waals surface area contributed by atoms with Crippen LogP contribution in [0, 0.1) is 16.7 Å². The first-order chi connectivity index (χ1) is 26.7. The van der Waals surface area contributed by atoms with Crippen LogP contribution in [0.15, 0.2) is 11.1 Å². The Balaban J connectivity index is 2.19. The molecule has 2 saturated carbocycles. The van der Waals surface area contributed by atoms with Crippen LogP contribution in [0.2, 0.25) is 0 Å². The van der Waals surface area contributed by atoms with Gasteiger partial charge in [-0.15, -0.1) is 134 Å². The molecular weight excluding hydrogens is 1300 g/mol. The molecule has 2 bridgehead atoms. The Labute approximate surface area is 398 Å². The first-order valence-corrected chi connectivity index (χ1v) is 68.8. The maximum Gasteiger partial charge on any atom is 0.509 e. The van der Waals surface area contributed by atoms with Crippen molar-refractivity contribution in [2.45, 2.75) is 82.6 Å². The van der Waals surface area contributed by atoms with Crippen LogP contribution in [0.25, 0.3) is 0 Å². The molecule has 38 heteroatoms.